The average molecular weight is 370 g/mol. The lowest BCUT2D eigenvalue weighted by Gasteiger charge is -2.09. The predicted octanol–water partition coefficient (Wildman–Crippen LogP) is 4.95. The van der Waals surface area contributed by atoms with E-state index in [1.807, 2.05) is 13.8 Å². The first-order valence-corrected chi connectivity index (χ1v) is 7.42. The summed E-state index contributed by atoms with van der Waals surface area (Å²) in [7, 11) is 1.57. The highest BCUT2D eigenvalue weighted by atomic mass is 79.9. The number of methoxy groups -OCH3 is 1. The van der Waals surface area contributed by atoms with E-state index in [2.05, 4.69) is 15.9 Å². The van der Waals surface area contributed by atoms with Crippen LogP contribution < -0.4 is 9.47 Å². The van der Waals surface area contributed by atoms with E-state index < -0.39 is 5.97 Å². The second kappa shape index (κ2) is 6.50. The number of aryl methyl sites for hydroxylation is 2. The SMILES string of the molecule is COc1ccc(C(=O)Oc2cc(C)c(Cl)c(C)c2)cc1Br. The second-order valence-corrected chi connectivity index (χ2v) is 5.84. The molecule has 3 nitrogen and oxygen atoms in total. The van der Waals surface area contributed by atoms with Crippen molar-refractivity contribution in [3.63, 3.8) is 0 Å². The molecule has 0 bridgehead atoms. The highest BCUT2D eigenvalue weighted by Gasteiger charge is 2.12. The van der Waals surface area contributed by atoms with Gasteiger partial charge in [0, 0.05) is 5.02 Å². The van der Waals surface area contributed by atoms with E-state index in [1.54, 1.807) is 37.4 Å². The number of ether oxygens (including phenoxy) is 2. The zero-order chi connectivity index (χ0) is 15.6. The van der Waals surface area contributed by atoms with Gasteiger partial charge in [-0.2, -0.15) is 0 Å². The normalized spacial score (nSPS) is 10.3. The molecular formula is C16H14BrClO3. The first kappa shape index (κ1) is 15.9. The van der Waals surface area contributed by atoms with Crippen LogP contribution in [-0.2, 0) is 0 Å². The maximum Gasteiger partial charge on any atom is 0.343 e. The standard InChI is InChI=1S/C16H14BrClO3/c1-9-6-12(7-10(2)15(9)18)21-16(19)11-4-5-14(20-3)13(17)8-11/h4-8H,1-3H3. The monoisotopic (exact) mass is 368 g/mol. The van der Waals surface area contributed by atoms with E-state index in [-0.39, 0.29) is 0 Å². The van der Waals surface area contributed by atoms with Crippen molar-refractivity contribution in [3.8, 4) is 11.5 Å². The Labute approximate surface area is 137 Å². The Morgan fingerprint density at radius 3 is 2.29 bits per heavy atom. The Bertz CT molecular complexity index is 675. The lowest BCUT2D eigenvalue weighted by atomic mass is 10.1. The molecule has 0 heterocycles. The van der Waals surface area contributed by atoms with E-state index in [9.17, 15) is 4.79 Å². The summed E-state index contributed by atoms with van der Waals surface area (Å²) in [5.41, 5.74) is 2.18. The van der Waals surface area contributed by atoms with Gasteiger partial charge in [-0.25, -0.2) is 4.79 Å². The maximum absolute atomic E-state index is 12.2. The number of carbonyl (C=O) groups is 1. The minimum Gasteiger partial charge on any atom is -0.496 e. The molecule has 0 unspecified atom stereocenters. The van der Waals surface area contributed by atoms with Crippen LogP contribution in [-0.4, -0.2) is 13.1 Å². The fraction of sp³-hybridized carbons (Fsp3) is 0.188. The minimum atomic E-state index is -0.431. The van der Waals surface area contributed by atoms with Gasteiger partial charge in [0.25, 0.3) is 0 Å². The van der Waals surface area contributed by atoms with Crippen LogP contribution in [0.25, 0.3) is 0 Å². The first-order chi connectivity index (χ1) is 9.92. The van der Waals surface area contributed by atoms with Crippen molar-refractivity contribution in [1.82, 2.24) is 0 Å². The smallest absolute Gasteiger partial charge is 0.343 e. The van der Waals surface area contributed by atoms with Crippen molar-refractivity contribution in [3.05, 3.63) is 56.5 Å². The molecule has 0 N–H and O–H groups in total. The van der Waals surface area contributed by atoms with Gasteiger partial charge in [0.1, 0.15) is 11.5 Å². The van der Waals surface area contributed by atoms with Gasteiger partial charge in [0.15, 0.2) is 0 Å². The number of halogens is 2. The molecule has 0 aliphatic rings. The lowest BCUT2D eigenvalue weighted by molar-refractivity contribution is 0.0734. The van der Waals surface area contributed by atoms with Crippen LogP contribution in [0.4, 0.5) is 0 Å². The Balaban J connectivity index is 2.24. The Kier molecular flexibility index (Phi) is 4.91. The number of esters is 1. The average Bonchev–Trinajstić information content (AvgIpc) is 2.44. The van der Waals surface area contributed by atoms with Crippen LogP contribution in [0, 0.1) is 13.8 Å². The quantitative estimate of drug-likeness (QED) is 0.567. The summed E-state index contributed by atoms with van der Waals surface area (Å²) in [6, 6.07) is 8.51. The molecule has 0 spiro atoms. The van der Waals surface area contributed by atoms with Gasteiger partial charge in [-0.3, -0.25) is 0 Å². The van der Waals surface area contributed by atoms with E-state index in [1.165, 1.54) is 0 Å². The molecule has 2 aromatic carbocycles. The van der Waals surface area contributed by atoms with E-state index in [0.29, 0.717) is 26.6 Å². The van der Waals surface area contributed by atoms with Crippen molar-refractivity contribution in [2.45, 2.75) is 13.8 Å². The summed E-state index contributed by atoms with van der Waals surface area (Å²) >= 11 is 9.44. The molecule has 2 rings (SSSR count). The topological polar surface area (TPSA) is 35.5 Å². The molecule has 21 heavy (non-hydrogen) atoms. The number of hydrogen-bond donors (Lipinski definition) is 0. The Morgan fingerprint density at radius 2 is 1.76 bits per heavy atom. The minimum absolute atomic E-state index is 0.431. The van der Waals surface area contributed by atoms with Gasteiger partial charge >= 0.3 is 5.97 Å². The molecule has 0 radical (unpaired) electrons. The summed E-state index contributed by atoms with van der Waals surface area (Å²) in [5, 5.41) is 0.682. The van der Waals surface area contributed by atoms with Gasteiger partial charge < -0.3 is 9.47 Å². The molecule has 0 amide bonds. The zero-order valence-electron chi connectivity index (χ0n) is 11.9. The molecule has 0 fully saturated rings. The van der Waals surface area contributed by atoms with Gasteiger partial charge in [-0.1, -0.05) is 11.6 Å². The van der Waals surface area contributed by atoms with Crippen LogP contribution in [0.5, 0.6) is 11.5 Å². The zero-order valence-corrected chi connectivity index (χ0v) is 14.2. The van der Waals surface area contributed by atoms with E-state index in [0.717, 1.165) is 11.1 Å². The molecular weight excluding hydrogens is 356 g/mol. The summed E-state index contributed by atoms with van der Waals surface area (Å²) in [6.45, 7) is 3.74. The van der Waals surface area contributed by atoms with Crippen LogP contribution in [0.3, 0.4) is 0 Å². The number of carbonyl (C=O) groups excluding carboxylic acids is 1. The van der Waals surface area contributed by atoms with Crippen molar-refractivity contribution < 1.29 is 14.3 Å². The largest absolute Gasteiger partial charge is 0.496 e. The van der Waals surface area contributed by atoms with Crippen molar-refractivity contribution >= 4 is 33.5 Å². The molecule has 0 atom stereocenters. The third-order valence-electron chi connectivity index (χ3n) is 3.01. The molecule has 0 aromatic heterocycles. The molecule has 2 aromatic rings. The van der Waals surface area contributed by atoms with Crippen molar-refractivity contribution in [1.29, 1.82) is 0 Å². The van der Waals surface area contributed by atoms with Gasteiger partial charge in [-0.05, 0) is 71.2 Å². The predicted molar refractivity (Wildman–Crippen MR) is 86.6 cm³/mol. The van der Waals surface area contributed by atoms with Crippen molar-refractivity contribution in [2.75, 3.05) is 7.11 Å². The van der Waals surface area contributed by atoms with Crippen LogP contribution >= 0.6 is 27.5 Å². The molecule has 0 aliphatic carbocycles. The summed E-state index contributed by atoms with van der Waals surface area (Å²) in [5.74, 6) is 0.704. The van der Waals surface area contributed by atoms with Gasteiger partial charge in [0.2, 0.25) is 0 Å². The Morgan fingerprint density at radius 1 is 1.14 bits per heavy atom. The molecule has 0 saturated carbocycles. The third-order valence-corrected chi connectivity index (χ3v) is 4.22. The summed E-state index contributed by atoms with van der Waals surface area (Å²) in [4.78, 5) is 12.2. The maximum atomic E-state index is 12.2. The fourth-order valence-electron chi connectivity index (χ4n) is 1.92. The summed E-state index contributed by atoms with van der Waals surface area (Å²) < 4.78 is 11.2. The van der Waals surface area contributed by atoms with Gasteiger partial charge in [-0.15, -0.1) is 0 Å². The molecule has 110 valence electrons. The van der Waals surface area contributed by atoms with E-state index in [4.69, 9.17) is 21.1 Å². The Hall–Kier alpha value is -1.52. The van der Waals surface area contributed by atoms with E-state index >= 15 is 0 Å². The second-order valence-electron chi connectivity index (χ2n) is 4.61. The van der Waals surface area contributed by atoms with Gasteiger partial charge in [0.05, 0.1) is 17.1 Å². The number of hydrogen-bond acceptors (Lipinski definition) is 3. The molecule has 0 aliphatic heterocycles. The lowest BCUT2D eigenvalue weighted by Crippen LogP contribution is -2.09. The van der Waals surface area contributed by atoms with Crippen LogP contribution in [0.15, 0.2) is 34.8 Å². The highest BCUT2D eigenvalue weighted by molar-refractivity contribution is 9.10. The molecule has 5 heteroatoms. The first-order valence-electron chi connectivity index (χ1n) is 6.25. The highest BCUT2D eigenvalue weighted by Crippen LogP contribution is 2.28. The van der Waals surface area contributed by atoms with Crippen molar-refractivity contribution in [2.24, 2.45) is 0 Å². The number of rotatable bonds is 3. The molecule has 0 saturated heterocycles. The summed E-state index contributed by atoms with van der Waals surface area (Å²) in [6.07, 6.45) is 0. The number of benzene rings is 2. The van der Waals surface area contributed by atoms with Crippen LogP contribution in [0.2, 0.25) is 5.02 Å². The van der Waals surface area contributed by atoms with Crippen LogP contribution in [0.1, 0.15) is 21.5 Å². The third kappa shape index (κ3) is 3.57. The fourth-order valence-corrected chi connectivity index (χ4v) is 2.57.